The second kappa shape index (κ2) is 11.4. The fourth-order valence-electron chi connectivity index (χ4n) is 3.06. The van der Waals surface area contributed by atoms with E-state index < -0.39 is 0 Å². The predicted octanol–water partition coefficient (Wildman–Crippen LogP) is 0.649. The molecule has 0 aliphatic carbocycles. The van der Waals surface area contributed by atoms with E-state index in [-0.39, 0.29) is 12.6 Å². The van der Waals surface area contributed by atoms with Crippen LogP contribution in [-0.4, -0.2) is 109 Å². The number of nitrogens with zero attached hydrogens (tertiary/aromatic N) is 4. The molecule has 1 heterocycles. The van der Waals surface area contributed by atoms with Crippen molar-refractivity contribution in [3.63, 3.8) is 0 Å². The van der Waals surface area contributed by atoms with Crippen molar-refractivity contribution in [1.29, 1.82) is 0 Å². The second-order valence-electron chi connectivity index (χ2n) is 6.37. The fourth-order valence-corrected chi connectivity index (χ4v) is 3.06. The van der Waals surface area contributed by atoms with Crippen LogP contribution in [0.3, 0.4) is 0 Å². The van der Waals surface area contributed by atoms with Crippen LogP contribution in [0.4, 0.5) is 0 Å². The monoisotopic (exact) mass is 314 g/mol. The first kappa shape index (κ1) is 19.8. The van der Waals surface area contributed by atoms with Gasteiger partial charge in [0.15, 0.2) is 0 Å². The molecule has 1 aliphatic heterocycles. The summed E-state index contributed by atoms with van der Waals surface area (Å²) in [5.41, 5.74) is 0. The number of likely N-dealkylation sites (N-methyl/N-ethyl adjacent to an activating group) is 3. The van der Waals surface area contributed by atoms with Gasteiger partial charge in [0.05, 0.1) is 6.61 Å². The first-order valence-electron chi connectivity index (χ1n) is 9.16. The van der Waals surface area contributed by atoms with Gasteiger partial charge in [0.1, 0.15) is 0 Å². The van der Waals surface area contributed by atoms with E-state index in [0.29, 0.717) is 0 Å². The Bertz CT molecular complexity index is 257. The number of hydrogen-bond acceptors (Lipinski definition) is 5. The van der Waals surface area contributed by atoms with Gasteiger partial charge in [-0.2, -0.15) is 0 Å². The molecule has 0 saturated carbocycles. The van der Waals surface area contributed by atoms with Crippen molar-refractivity contribution in [3.8, 4) is 0 Å². The summed E-state index contributed by atoms with van der Waals surface area (Å²) in [6, 6.07) is 0.257. The van der Waals surface area contributed by atoms with Gasteiger partial charge in [0.25, 0.3) is 0 Å². The largest absolute Gasteiger partial charge is 0.395 e. The van der Waals surface area contributed by atoms with Crippen molar-refractivity contribution in [1.82, 2.24) is 19.6 Å². The Hall–Kier alpha value is -0.200. The Morgan fingerprint density at radius 2 is 1.00 bits per heavy atom. The Kier molecular flexibility index (Phi) is 10.2. The van der Waals surface area contributed by atoms with Crippen LogP contribution in [0.5, 0.6) is 0 Å². The molecule has 0 bridgehead atoms. The molecule has 5 heteroatoms. The van der Waals surface area contributed by atoms with Gasteiger partial charge in [0.2, 0.25) is 0 Å². The summed E-state index contributed by atoms with van der Waals surface area (Å²) < 4.78 is 0. The molecular weight excluding hydrogens is 276 g/mol. The van der Waals surface area contributed by atoms with Gasteiger partial charge in [-0.1, -0.05) is 20.8 Å². The third-order valence-corrected chi connectivity index (χ3v) is 5.10. The van der Waals surface area contributed by atoms with E-state index in [9.17, 15) is 5.11 Å². The van der Waals surface area contributed by atoms with Crippen LogP contribution in [0.25, 0.3) is 0 Å². The summed E-state index contributed by atoms with van der Waals surface area (Å²) >= 11 is 0. The molecule has 1 atom stereocenters. The highest BCUT2D eigenvalue weighted by Crippen LogP contribution is 2.03. The van der Waals surface area contributed by atoms with Crippen LogP contribution < -0.4 is 0 Å². The van der Waals surface area contributed by atoms with Crippen molar-refractivity contribution in [2.45, 2.75) is 33.7 Å². The average molecular weight is 315 g/mol. The van der Waals surface area contributed by atoms with E-state index in [4.69, 9.17) is 0 Å². The Morgan fingerprint density at radius 3 is 1.27 bits per heavy atom. The van der Waals surface area contributed by atoms with Gasteiger partial charge >= 0.3 is 0 Å². The van der Waals surface area contributed by atoms with Crippen LogP contribution in [0.1, 0.15) is 27.7 Å². The molecule has 1 N–H and O–H groups in total. The molecule has 132 valence electrons. The van der Waals surface area contributed by atoms with Gasteiger partial charge in [-0.3, -0.25) is 4.90 Å². The maximum atomic E-state index is 9.51. The van der Waals surface area contributed by atoms with Crippen molar-refractivity contribution in [2.75, 3.05) is 78.6 Å². The molecule has 1 saturated heterocycles. The lowest BCUT2D eigenvalue weighted by atomic mass is 10.2. The summed E-state index contributed by atoms with van der Waals surface area (Å²) in [6.45, 7) is 21.5. The molecule has 5 nitrogen and oxygen atoms in total. The van der Waals surface area contributed by atoms with Crippen LogP contribution >= 0.6 is 0 Å². The van der Waals surface area contributed by atoms with E-state index in [1.165, 1.54) is 0 Å². The zero-order valence-corrected chi connectivity index (χ0v) is 15.3. The standard InChI is InChI=1S/C17H38N4O/c1-5-18-8-10-19(6-2)12-14-21(17(4)16-22)15-13-20(7-3)11-9-18/h17,22H,5-16H2,1-4H3. The van der Waals surface area contributed by atoms with Crippen LogP contribution in [0, 0.1) is 0 Å². The molecule has 0 amide bonds. The van der Waals surface area contributed by atoms with Gasteiger partial charge in [-0.05, 0) is 26.6 Å². The van der Waals surface area contributed by atoms with Crippen LogP contribution in [-0.2, 0) is 0 Å². The molecule has 0 radical (unpaired) electrons. The zero-order valence-electron chi connectivity index (χ0n) is 15.3. The third kappa shape index (κ3) is 6.92. The third-order valence-electron chi connectivity index (χ3n) is 5.10. The SMILES string of the molecule is CCN1CCN(CC)CCN(C(C)CO)CCN(CC)CC1. The maximum Gasteiger partial charge on any atom is 0.0584 e. The quantitative estimate of drug-likeness (QED) is 0.806. The molecule has 1 fully saturated rings. The first-order valence-corrected chi connectivity index (χ1v) is 9.16. The summed E-state index contributed by atoms with van der Waals surface area (Å²) in [5, 5.41) is 9.51. The number of aliphatic hydroxyl groups excluding tert-OH is 1. The number of hydrogen-bond donors (Lipinski definition) is 1. The van der Waals surface area contributed by atoms with Crippen molar-refractivity contribution >= 4 is 0 Å². The smallest absolute Gasteiger partial charge is 0.0584 e. The predicted molar refractivity (Wildman–Crippen MR) is 94.5 cm³/mol. The molecule has 0 aromatic rings. The minimum absolute atomic E-state index is 0.252. The van der Waals surface area contributed by atoms with Crippen molar-refractivity contribution in [3.05, 3.63) is 0 Å². The van der Waals surface area contributed by atoms with Gasteiger partial charge < -0.3 is 19.8 Å². The molecule has 1 unspecified atom stereocenters. The topological polar surface area (TPSA) is 33.2 Å². The highest BCUT2D eigenvalue weighted by atomic mass is 16.3. The number of aliphatic hydroxyl groups is 1. The highest BCUT2D eigenvalue weighted by Gasteiger charge is 2.17. The molecule has 0 spiro atoms. The highest BCUT2D eigenvalue weighted by molar-refractivity contribution is 4.73. The minimum atomic E-state index is 0.252. The Morgan fingerprint density at radius 1 is 0.682 bits per heavy atom. The Balaban J connectivity index is 2.68. The fraction of sp³-hybridized carbons (Fsp3) is 1.00. The second-order valence-corrected chi connectivity index (χ2v) is 6.37. The average Bonchev–Trinajstić information content (AvgIpc) is 2.55. The summed E-state index contributed by atoms with van der Waals surface area (Å²) in [5.74, 6) is 0. The Labute approximate surface area is 137 Å². The first-order chi connectivity index (χ1) is 10.6. The summed E-state index contributed by atoms with van der Waals surface area (Å²) in [4.78, 5) is 10.1. The zero-order chi connectivity index (χ0) is 16.4. The van der Waals surface area contributed by atoms with Crippen LogP contribution in [0.15, 0.2) is 0 Å². The molecule has 0 aromatic carbocycles. The van der Waals surface area contributed by atoms with Gasteiger partial charge in [-0.25, -0.2) is 0 Å². The lowest BCUT2D eigenvalue weighted by Gasteiger charge is -2.35. The molecule has 22 heavy (non-hydrogen) atoms. The van der Waals surface area contributed by atoms with E-state index in [0.717, 1.165) is 72.0 Å². The molecule has 0 aromatic heterocycles. The van der Waals surface area contributed by atoms with E-state index in [1.54, 1.807) is 0 Å². The van der Waals surface area contributed by atoms with Gasteiger partial charge in [0, 0.05) is 58.4 Å². The molecular formula is C17H38N4O. The van der Waals surface area contributed by atoms with Crippen LogP contribution in [0.2, 0.25) is 0 Å². The van der Waals surface area contributed by atoms with Gasteiger partial charge in [-0.15, -0.1) is 0 Å². The maximum absolute atomic E-state index is 9.51. The summed E-state index contributed by atoms with van der Waals surface area (Å²) in [6.07, 6.45) is 0. The van der Waals surface area contributed by atoms with Crippen molar-refractivity contribution < 1.29 is 5.11 Å². The lowest BCUT2D eigenvalue weighted by molar-refractivity contribution is 0.0937. The van der Waals surface area contributed by atoms with E-state index >= 15 is 0 Å². The van der Waals surface area contributed by atoms with E-state index in [1.807, 2.05) is 0 Å². The normalized spacial score (nSPS) is 23.9. The number of rotatable bonds is 5. The molecule has 1 aliphatic rings. The lowest BCUT2D eigenvalue weighted by Crippen LogP contribution is -2.48. The molecule has 1 rings (SSSR count). The summed E-state index contributed by atoms with van der Waals surface area (Å²) in [7, 11) is 0. The van der Waals surface area contributed by atoms with Crippen molar-refractivity contribution in [2.24, 2.45) is 0 Å². The van der Waals surface area contributed by atoms with E-state index in [2.05, 4.69) is 47.3 Å². The minimum Gasteiger partial charge on any atom is -0.395 e.